The second kappa shape index (κ2) is 5.20. The number of nitrogens with one attached hydrogen (secondary N) is 1. The van der Waals surface area contributed by atoms with E-state index in [1.165, 1.54) is 25.7 Å². The topological polar surface area (TPSA) is 42.8 Å². The Morgan fingerprint density at radius 1 is 1.44 bits per heavy atom. The van der Waals surface area contributed by atoms with Gasteiger partial charge in [0.15, 0.2) is 4.77 Å². The van der Waals surface area contributed by atoms with E-state index in [4.69, 9.17) is 17.0 Å². The molecule has 0 aliphatic heterocycles. The zero-order valence-electron chi connectivity index (χ0n) is 10.3. The van der Waals surface area contributed by atoms with Crippen molar-refractivity contribution < 1.29 is 4.74 Å². The van der Waals surface area contributed by atoms with Crippen LogP contribution in [0, 0.1) is 4.77 Å². The number of rotatable bonds is 4. The summed E-state index contributed by atoms with van der Waals surface area (Å²) in [7, 11) is 0. The zero-order chi connectivity index (χ0) is 12.4. The molecule has 2 aromatic heterocycles. The molecule has 2 aromatic rings. The van der Waals surface area contributed by atoms with Crippen molar-refractivity contribution in [2.45, 2.75) is 38.3 Å². The van der Waals surface area contributed by atoms with Gasteiger partial charge in [0.1, 0.15) is 0 Å². The van der Waals surface area contributed by atoms with Crippen LogP contribution < -0.4 is 0 Å². The van der Waals surface area contributed by atoms with E-state index >= 15 is 0 Å². The number of hydrogen-bond acceptors (Lipinski definition) is 3. The minimum atomic E-state index is 0.464. The second-order valence-corrected chi connectivity index (χ2v) is 5.14. The number of nitrogens with zero attached hydrogens (tertiary/aromatic N) is 2. The Labute approximate surface area is 111 Å². The number of imidazole rings is 1. The van der Waals surface area contributed by atoms with Crippen LogP contribution in [0.25, 0.3) is 11.0 Å². The maximum atomic E-state index is 5.88. The molecule has 0 aromatic carbocycles. The fourth-order valence-corrected chi connectivity index (χ4v) is 2.90. The number of hydrogen-bond donors (Lipinski definition) is 1. The molecule has 1 aliphatic carbocycles. The van der Waals surface area contributed by atoms with Gasteiger partial charge in [0.2, 0.25) is 0 Å². The molecule has 2 heterocycles. The van der Waals surface area contributed by atoms with E-state index < -0.39 is 0 Å². The van der Waals surface area contributed by atoms with Crippen molar-refractivity contribution in [1.29, 1.82) is 0 Å². The number of pyridine rings is 1. The van der Waals surface area contributed by atoms with E-state index in [2.05, 4.69) is 14.5 Å². The predicted octanol–water partition coefficient (Wildman–Crippen LogP) is 3.05. The summed E-state index contributed by atoms with van der Waals surface area (Å²) in [5.41, 5.74) is 2.09. The number of aromatic amines is 1. The highest BCUT2D eigenvalue weighted by Crippen LogP contribution is 2.21. The molecule has 1 saturated carbocycles. The van der Waals surface area contributed by atoms with E-state index in [1.54, 1.807) is 12.4 Å². The molecule has 4 nitrogen and oxygen atoms in total. The molecule has 5 heteroatoms. The average Bonchev–Trinajstić information content (AvgIpc) is 2.98. The molecule has 1 aliphatic rings. The lowest BCUT2D eigenvalue weighted by atomic mass is 10.3. The summed E-state index contributed by atoms with van der Waals surface area (Å²) in [5, 5.41) is 0. The van der Waals surface area contributed by atoms with Crippen LogP contribution in [-0.2, 0) is 11.3 Å². The van der Waals surface area contributed by atoms with E-state index in [-0.39, 0.29) is 0 Å². The Morgan fingerprint density at radius 2 is 2.28 bits per heavy atom. The highest BCUT2D eigenvalue weighted by Gasteiger charge is 2.15. The summed E-state index contributed by atoms with van der Waals surface area (Å²) in [4.78, 5) is 7.25. The highest BCUT2D eigenvalue weighted by atomic mass is 32.1. The summed E-state index contributed by atoms with van der Waals surface area (Å²) < 4.78 is 8.71. The van der Waals surface area contributed by atoms with Gasteiger partial charge >= 0.3 is 0 Å². The molecule has 18 heavy (non-hydrogen) atoms. The van der Waals surface area contributed by atoms with Crippen LogP contribution in [0.5, 0.6) is 0 Å². The van der Waals surface area contributed by atoms with Crippen molar-refractivity contribution in [3.8, 4) is 0 Å². The molecule has 0 bridgehead atoms. The Bertz CT molecular complexity index is 583. The van der Waals surface area contributed by atoms with Gasteiger partial charge < -0.3 is 14.3 Å². The van der Waals surface area contributed by atoms with Crippen LogP contribution in [0.2, 0.25) is 0 Å². The Hall–Kier alpha value is -1.20. The summed E-state index contributed by atoms with van der Waals surface area (Å²) >= 11 is 5.33. The molecule has 0 radical (unpaired) electrons. The third-order valence-electron chi connectivity index (χ3n) is 3.55. The fraction of sp³-hybridized carbons (Fsp3) is 0.538. The molecule has 0 saturated heterocycles. The summed E-state index contributed by atoms with van der Waals surface area (Å²) in [6.45, 7) is 1.54. The number of H-pyrrole nitrogens is 1. The smallest absolute Gasteiger partial charge is 0.178 e. The molecule has 1 N–H and O–H groups in total. The first-order chi connectivity index (χ1) is 8.84. The first-order valence-electron chi connectivity index (χ1n) is 6.49. The Balaban J connectivity index is 1.70. The Kier molecular flexibility index (Phi) is 3.43. The lowest BCUT2D eigenvalue weighted by molar-refractivity contribution is 0.0533. The monoisotopic (exact) mass is 263 g/mol. The van der Waals surface area contributed by atoms with Crippen LogP contribution in [0.1, 0.15) is 25.7 Å². The van der Waals surface area contributed by atoms with Gasteiger partial charge in [-0.25, -0.2) is 0 Å². The lowest BCUT2D eigenvalue weighted by Gasteiger charge is -2.11. The molecular formula is C13H17N3OS. The van der Waals surface area contributed by atoms with Gasteiger partial charge in [-0.1, -0.05) is 12.8 Å². The van der Waals surface area contributed by atoms with Gasteiger partial charge in [-0.3, -0.25) is 4.98 Å². The largest absolute Gasteiger partial charge is 0.376 e. The van der Waals surface area contributed by atoms with Gasteiger partial charge in [0.05, 0.1) is 29.9 Å². The third-order valence-corrected chi connectivity index (χ3v) is 3.87. The van der Waals surface area contributed by atoms with E-state index in [1.807, 2.05) is 6.07 Å². The highest BCUT2D eigenvalue weighted by molar-refractivity contribution is 7.71. The average molecular weight is 263 g/mol. The first kappa shape index (κ1) is 11.9. The maximum Gasteiger partial charge on any atom is 0.178 e. The van der Waals surface area contributed by atoms with Gasteiger partial charge in [0.25, 0.3) is 0 Å². The van der Waals surface area contributed by atoms with Crippen molar-refractivity contribution in [3.63, 3.8) is 0 Å². The SMILES string of the molecule is S=c1[nH]c2cnccc2n1CCOC1CCCC1. The van der Waals surface area contributed by atoms with Gasteiger partial charge in [-0.15, -0.1) is 0 Å². The van der Waals surface area contributed by atoms with E-state index in [9.17, 15) is 0 Å². The molecule has 0 unspecified atom stereocenters. The zero-order valence-corrected chi connectivity index (χ0v) is 11.1. The van der Waals surface area contributed by atoms with Crippen LogP contribution in [0.15, 0.2) is 18.5 Å². The summed E-state index contributed by atoms with van der Waals surface area (Å²) in [6.07, 6.45) is 9.10. The van der Waals surface area contributed by atoms with Crippen LogP contribution >= 0.6 is 12.2 Å². The minimum absolute atomic E-state index is 0.464. The quantitative estimate of drug-likeness (QED) is 0.862. The summed E-state index contributed by atoms with van der Waals surface area (Å²) in [5.74, 6) is 0. The van der Waals surface area contributed by atoms with Gasteiger partial charge in [-0.05, 0) is 31.1 Å². The standard InChI is InChI=1S/C13H17N3OS/c18-13-15-11-9-14-6-5-12(11)16(13)7-8-17-10-3-1-2-4-10/h5-6,9-10H,1-4,7-8H2,(H,15,18). The lowest BCUT2D eigenvalue weighted by Crippen LogP contribution is -2.13. The maximum absolute atomic E-state index is 5.88. The molecule has 3 rings (SSSR count). The van der Waals surface area contributed by atoms with Crippen molar-refractivity contribution in [3.05, 3.63) is 23.2 Å². The molecule has 0 amide bonds. The van der Waals surface area contributed by atoms with Crippen molar-refractivity contribution >= 4 is 23.3 Å². The fourth-order valence-electron chi connectivity index (χ4n) is 2.60. The number of ether oxygens (including phenoxy) is 1. The normalized spacial score (nSPS) is 16.7. The third kappa shape index (κ3) is 2.33. The summed E-state index contributed by atoms with van der Waals surface area (Å²) in [6, 6.07) is 1.98. The molecular weight excluding hydrogens is 246 g/mol. The van der Waals surface area contributed by atoms with Crippen LogP contribution in [0.3, 0.4) is 0 Å². The first-order valence-corrected chi connectivity index (χ1v) is 6.89. The van der Waals surface area contributed by atoms with E-state index in [0.717, 1.165) is 29.0 Å². The minimum Gasteiger partial charge on any atom is -0.376 e. The van der Waals surface area contributed by atoms with Gasteiger partial charge in [0, 0.05) is 12.7 Å². The molecule has 1 fully saturated rings. The Morgan fingerprint density at radius 3 is 3.11 bits per heavy atom. The number of aromatic nitrogens is 3. The molecule has 0 atom stereocenters. The van der Waals surface area contributed by atoms with Crippen molar-refractivity contribution in [2.75, 3.05) is 6.61 Å². The number of fused-ring (bicyclic) bond motifs is 1. The van der Waals surface area contributed by atoms with Crippen molar-refractivity contribution in [2.24, 2.45) is 0 Å². The van der Waals surface area contributed by atoms with Crippen LogP contribution in [-0.4, -0.2) is 27.2 Å². The van der Waals surface area contributed by atoms with Crippen molar-refractivity contribution in [1.82, 2.24) is 14.5 Å². The second-order valence-electron chi connectivity index (χ2n) is 4.75. The predicted molar refractivity (Wildman–Crippen MR) is 73.1 cm³/mol. The van der Waals surface area contributed by atoms with Crippen LogP contribution in [0.4, 0.5) is 0 Å². The van der Waals surface area contributed by atoms with Gasteiger partial charge in [-0.2, -0.15) is 0 Å². The van der Waals surface area contributed by atoms with E-state index in [0.29, 0.717) is 6.10 Å². The molecule has 96 valence electrons. The molecule has 0 spiro atoms.